The van der Waals surface area contributed by atoms with Crippen molar-refractivity contribution in [2.75, 3.05) is 6.54 Å². The lowest BCUT2D eigenvalue weighted by Crippen LogP contribution is -2.62. The zero-order valence-electron chi connectivity index (χ0n) is 24.4. The third-order valence-corrected chi connectivity index (χ3v) is 9.66. The normalized spacial score (nSPS) is 28.5. The molecule has 4 rings (SSSR count). The molecule has 218 valence electrons. The van der Waals surface area contributed by atoms with E-state index in [9.17, 15) is 24.0 Å². The van der Waals surface area contributed by atoms with Crippen LogP contribution in [0.15, 0.2) is 0 Å². The third-order valence-electron chi connectivity index (χ3n) is 9.66. The average Bonchev–Trinajstić information content (AvgIpc) is 3.68. The number of urea groups is 1. The zero-order chi connectivity index (χ0) is 28.9. The molecule has 39 heavy (non-hydrogen) atoms. The van der Waals surface area contributed by atoms with Crippen molar-refractivity contribution in [2.45, 2.75) is 117 Å². The minimum absolute atomic E-state index is 0.0673. The van der Waals surface area contributed by atoms with Crippen LogP contribution in [0.25, 0.3) is 0 Å². The molecule has 1 aliphatic heterocycles. The maximum Gasteiger partial charge on any atom is 0.315 e. The first kappa shape index (κ1) is 29.3. The summed E-state index contributed by atoms with van der Waals surface area (Å²) in [5, 5.41) is 8.82. The SMILES string of the molecule is CC1(NC(=O)N[C@H](C(=O)N2C[C@H]3[C@@H]([C@H]2C(=O)NC(CC2CC2)C(=O)C(N)=O)C3(C)C)C(C)(C)C)CCCCC1. The Balaban J connectivity index is 1.52. The third kappa shape index (κ3) is 6.24. The lowest BCUT2D eigenvalue weighted by atomic mass is 9.83. The Morgan fingerprint density at radius 1 is 0.974 bits per heavy atom. The van der Waals surface area contributed by atoms with Gasteiger partial charge in [-0.05, 0) is 54.8 Å². The van der Waals surface area contributed by atoms with Crippen LogP contribution in [-0.4, -0.2) is 64.6 Å². The molecule has 10 nitrogen and oxygen atoms in total. The summed E-state index contributed by atoms with van der Waals surface area (Å²) in [4.78, 5) is 66.7. The van der Waals surface area contributed by atoms with Crippen molar-refractivity contribution < 1.29 is 24.0 Å². The number of likely N-dealkylation sites (tertiary alicyclic amines) is 1. The van der Waals surface area contributed by atoms with Crippen LogP contribution in [0.5, 0.6) is 0 Å². The van der Waals surface area contributed by atoms with E-state index in [1.165, 1.54) is 0 Å². The summed E-state index contributed by atoms with van der Waals surface area (Å²) in [6.45, 7) is 12.3. The van der Waals surface area contributed by atoms with E-state index >= 15 is 0 Å². The van der Waals surface area contributed by atoms with Gasteiger partial charge in [-0.1, -0.05) is 66.7 Å². The van der Waals surface area contributed by atoms with Crippen molar-refractivity contribution in [3.8, 4) is 0 Å². The molecule has 5 N–H and O–H groups in total. The molecule has 0 spiro atoms. The summed E-state index contributed by atoms with van der Waals surface area (Å²) < 4.78 is 0. The average molecular weight is 546 g/mol. The number of carbonyl (C=O) groups is 5. The van der Waals surface area contributed by atoms with Gasteiger partial charge in [-0.2, -0.15) is 0 Å². The highest BCUT2D eigenvalue weighted by Crippen LogP contribution is 2.65. The summed E-state index contributed by atoms with van der Waals surface area (Å²) in [6.07, 6.45) is 7.33. The first-order valence-electron chi connectivity index (χ1n) is 14.6. The molecule has 1 saturated heterocycles. The van der Waals surface area contributed by atoms with Crippen LogP contribution in [0.4, 0.5) is 4.79 Å². The molecule has 5 amide bonds. The highest BCUT2D eigenvalue weighted by Gasteiger charge is 2.70. The van der Waals surface area contributed by atoms with E-state index in [0.717, 1.165) is 44.9 Å². The van der Waals surface area contributed by atoms with Crippen molar-refractivity contribution in [3.05, 3.63) is 0 Å². The van der Waals surface area contributed by atoms with E-state index in [4.69, 9.17) is 5.73 Å². The van der Waals surface area contributed by atoms with Gasteiger partial charge in [-0.15, -0.1) is 0 Å². The quantitative estimate of drug-likeness (QED) is 0.328. The van der Waals surface area contributed by atoms with E-state index in [1.54, 1.807) is 4.90 Å². The number of rotatable bonds is 9. The number of amides is 5. The number of fused-ring (bicyclic) bond motifs is 1. The first-order valence-corrected chi connectivity index (χ1v) is 14.6. The Kier molecular flexibility index (Phi) is 7.82. The number of piperidine rings is 1. The number of ketones is 1. The molecule has 0 aromatic heterocycles. The van der Waals surface area contributed by atoms with Gasteiger partial charge in [0.2, 0.25) is 17.6 Å². The fourth-order valence-electron chi connectivity index (χ4n) is 6.87. The number of hydrogen-bond acceptors (Lipinski definition) is 5. The molecule has 3 aliphatic carbocycles. The topological polar surface area (TPSA) is 151 Å². The molecule has 4 fully saturated rings. The van der Waals surface area contributed by atoms with Gasteiger partial charge in [0.05, 0.1) is 6.04 Å². The number of primary amides is 1. The van der Waals surface area contributed by atoms with Crippen LogP contribution in [0.3, 0.4) is 0 Å². The maximum atomic E-state index is 14.1. The molecule has 0 aromatic carbocycles. The molecule has 5 atom stereocenters. The second kappa shape index (κ2) is 10.4. The first-order chi connectivity index (χ1) is 18.0. The van der Waals surface area contributed by atoms with Gasteiger partial charge >= 0.3 is 6.03 Å². The lowest BCUT2D eigenvalue weighted by Gasteiger charge is -2.39. The Hall–Kier alpha value is -2.65. The van der Waals surface area contributed by atoms with Gasteiger partial charge in [0.1, 0.15) is 12.1 Å². The summed E-state index contributed by atoms with van der Waals surface area (Å²) in [7, 11) is 0. The second-order valence-electron chi connectivity index (χ2n) is 14.4. The van der Waals surface area contributed by atoms with E-state index in [2.05, 4.69) is 29.8 Å². The van der Waals surface area contributed by atoms with Crippen LogP contribution >= 0.6 is 0 Å². The standard InChI is InChI=1S/C29H47N5O5/c1-27(2,3)22(32-26(39)33-29(6)12-8-7-9-13-29)25(38)34-15-17-19(28(17,4)5)20(34)24(37)31-18(14-16-10-11-16)21(35)23(30)36/h16-20,22H,7-15H2,1-6H3,(H2,30,36)(H,31,37)(H2,32,33,39)/t17-,18?,19-,20-,22+/m0/s1. The van der Waals surface area contributed by atoms with Crippen LogP contribution in [0.2, 0.25) is 0 Å². The summed E-state index contributed by atoms with van der Waals surface area (Å²) in [5.74, 6) is -2.27. The van der Waals surface area contributed by atoms with Crippen molar-refractivity contribution in [2.24, 2.45) is 34.3 Å². The number of nitrogens with one attached hydrogen (secondary N) is 3. The number of Topliss-reactive ketones (excluding diaryl/α,β-unsaturated/α-hetero) is 1. The van der Waals surface area contributed by atoms with Crippen molar-refractivity contribution >= 4 is 29.5 Å². The van der Waals surface area contributed by atoms with Crippen molar-refractivity contribution in [3.63, 3.8) is 0 Å². The summed E-state index contributed by atoms with van der Waals surface area (Å²) >= 11 is 0. The maximum absolute atomic E-state index is 14.1. The molecule has 4 aliphatic rings. The number of carbonyl (C=O) groups excluding carboxylic acids is 5. The highest BCUT2D eigenvalue weighted by molar-refractivity contribution is 6.37. The molecule has 1 unspecified atom stereocenters. The van der Waals surface area contributed by atoms with E-state index in [1.807, 2.05) is 27.7 Å². The van der Waals surface area contributed by atoms with Crippen LogP contribution in [0.1, 0.15) is 92.9 Å². The van der Waals surface area contributed by atoms with E-state index in [0.29, 0.717) is 13.0 Å². The van der Waals surface area contributed by atoms with Crippen molar-refractivity contribution in [1.29, 1.82) is 0 Å². The van der Waals surface area contributed by atoms with Crippen molar-refractivity contribution in [1.82, 2.24) is 20.9 Å². The molecule has 0 radical (unpaired) electrons. The predicted molar refractivity (Wildman–Crippen MR) is 146 cm³/mol. The molecule has 0 bridgehead atoms. The fraction of sp³-hybridized carbons (Fsp3) is 0.828. The molecule has 10 heteroatoms. The fourth-order valence-corrected chi connectivity index (χ4v) is 6.87. The monoisotopic (exact) mass is 545 g/mol. The van der Waals surface area contributed by atoms with Crippen LogP contribution < -0.4 is 21.7 Å². The highest BCUT2D eigenvalue weighted by atomic mass is 16.2. The van der Waals surface area contributed by atoms with E-state index < -0.39 is 41.1 Å². The van der Waals surface area contributed by atoms with Gasteiger partial charge in [0, 0.05) is 12.1 Å². The Morgan fingerprint density at radius 3 is 2.13 bits per heavy atom. The van der Waals surface area contributed by atoms with Crippen LogP contribution in [-0.2, 0) is 19.2 Å². The van der Waals surface area contributed by atoms with Gasteiger partial charge in [0.25, 0.3) is 5.91 Å². The van der Waals surface area contributed by atoms with E-state index in [-0.39, 0.29) is 40.6 Å². The smallest absolute Gasteiger partial charge is 0.315 e. The Bertz CT molecular complexity index is 1020. The number of hydrogen-bond donors (Lipinski definition) is 4. The Morgan fingerprint density at radius 2 is 1.59 bits per heavy atom. The second-order valence-corrected chi connectivity index (χ2v) is 14.4. The zero-order valence-corrected chi connectivity index (χ0v) is 24.4. The van der Waals surface area contributed by atoms with Gasteiger partial charge < -0.3 is 26.6 Å². The molecular formula is C29H47N5O5. The number of nitrogens with two attached hydrogens (primary N) is 1. The molecule has 0 aromatic rings. The van der Waals surface area contributed by atoms with Gasteiger partial charge in [0.15, 0.2) is 0 Å². The minimum atomic E-state index is -1.07. The largest absolute Gasteiger partial charge is 0.363 e. The number of nitrogens with zero attached hydrogens (tertiary/aromatic N) is 1. The predicted octanol–water partition coefficient (Wildman–Crippen LogP) is 2.25. The lowest BCUT2D eigenvalue weighted by molar-refractivity contribution is -0.145. The Labute approximate surface area is 231 Å². The minimum Gasteiger partial charge on any atom is -0.363 e. The van der Waals surface area contributed by atoms with Gasteiger partial charge in [-0.25, -0.2) is 4.79 Å². The summed E-state index contributed by atoms with van der Waals surface area (Å²) in [6, 6.07) is -3.01. The molecule has 1 heterocycles. The molecular weight excluding hydrogens is 498 g/mol. The summed E-state index contributed by atoms with van der Waals surface area (Å²) in [5.41, 5.74) is 4.23. The van der Waals surface area contributed by atoms with Gasteiger partial charge in [-0.3, -0.25) is 19.2 Å². The molecule has 3 saturated carbocycles. The van der Waals surface area contributed by atoms with Crippen LogP contribution in [0, 0.1) is 28.6 Å².